The Hall–Kier alpha value is -2.11. The van der Waals surface area contributed by atoms with E-state index in [1.54, 1.807) is 7.11 Å². The largest absolute Gasteiger partial charge is 0.511 e. The molecule has 1 aromatic rings. The molecule has 202 valence electrons. The molecule has 0 aromatic heterocycles. The number of benzene rings is 1. The van der Waals surface area contributed by atoms with Crippen LogP contribution < -0.4 is 14.2 Å². The van der Waals surface area contributed by atoms with Crippen molar-refractivity contribution >= 4 is 6.16 Å². The highest BCUT2D eigenvalue weighted by Crippen LogP contribution is 2.50. The molecule has 0 amide bonds. The van der Waals surface area contributed by atoms with E-state index in [0.717, 1.165) is 43.2 Å². The molecule has 0 bridgehead atoms. The van der Waals surface area contributed by atoms with Gasteiger partial charge in [0.05, 0.1) is 14.2 Å². The molecule has 0 unspecified atom stereocenters. The van der Waals surface area contributed by atoms with Gasteiger partial charge in [-0.3, -0.25) is 0 Å². The number of methoxy groups -OCH3 is 2. The van der Waals surface area contributed by atoms with E-state index in [2.05, 4.69) is 13.8 Å². The van der Waals surface area contributed by atoms with Gasteiger partial charge in [-0.15, -0.1) is 0 Å². The number of phenolic OH excluding ortho intramolecular Hbond substituents is 1. The monoisotopic (exact) mass is 494 g/mol. The molecule has 0 saturated heterocycles. The van der Waals surface area contributed by atoms with Crippen LogP contribution in [0.3, 0.4) is 0 Å². The summed E-state index contributed by atoms with van der Waals surface area (Å²) in [5.74, 6) is 0.300. The lowest BCUT2D eigenvalue weighted by atomic mass is 9.93. The van der Waals surface area contributed by atoms with Crippen LogP contribution in [-0.4, -0.2) is 30.6 Å². The number of ether oxygens (including phenoxy) is 3. The van der Waals surface area contributed by atoms with Crippen molar-refractivity contribution in [3.05, 3.63) is 11.1 Å². The average Bonchev–Trinajstić information content (AvgIpc) is 2.84. The Morgan fingerprint density at radius 1 is 0.600 bits per heavy atom. The zero-order valence-electron chi connectivity index (χ0n) is 22.8. The van der Waals surface area contributed by atoms with E-state index >= 15 is 0 Å². The molecule has 0 aliphatic carbocycles. The summed E-state index contributed by atoms with van der Waals surface area (Å²) in [6.45, 7) is 4.46. The molecule has 0 fully saturated rings. The molecule has 0 saturated carbocycles. The number of hydrogen-bond acceptors (Lipinski definition) is 5. The minimum Gasteiger partial charge on any atom is -0.504 e. The maximum Gasteiger partial charge on any atom is 0.511 e. The Labute approximate surface area is 213 Å². The molecule has 2 N–H and O–H groups in total. The lowest BCUT2D eigenvalue weighted by Crippen LogP contribution is -2.09. The number of hydrogen-bond donors (Lipinski definition) is 2. The number of unbranched alkanes of at least 4 members (excludes halogenated alkanes) is 14. The van der Waals surface area contributed by atoms with E-state index in [1.807, 2.05) is 0 Å². The van der Waals surface area contributed by atoms with Crippen LogP contribution in [0.1, 0.15) is 128 Å². The SMILES string of the molecule is CCCCCCCCCCc1c(O)c(OC(=O)O)c(OC)c(OC)c1CCCCCCCCCC. The average molecular weight is 495 g/mol. The minimum atomic E-state index is -1.49. The maximum atomic E-state index is 11.3. The van der Waals surface area contributed by atoms with Gasteiger partial charge in [0.1, 0.15) is 0 Å². The van der Waals surface area contributed by atoms with Crippen molar-refractivity contribution in [2.24, 2.45) is 0 Å². The zero-order valence-corrected chi connectivity index (χ0v) is 22.8. The summed E-state index contributed by atoms with van der Waals surface area (Å²) in [6.07, 6.45) is 19.2. The molecule has 0 aliphatic rings. The van der Waals surface area contributed by atoms with Gasteiger partial charge in [0.25, 0.3) is 0 Å². The van der Waals surface area contributed by atoms with E-state index in [9.17, 15) is 15.0 Å². The Morgan fingerprint density at radius 2 is 1.00 bits per heavy atom. The first-order valence-electron chi connectivity index (χ1n) is 13.9. The van der Waals surface area contributed by atoms with Crippen LogP contribution >= 0.6 is 0 Å². The molecular formula is C29H50O6. The fourth-order valence-corrected chi connectivity index (χ4v) is 4.75. The van der Waals surface area contributed by atoms with Gasteiger partial charge in [0, 0.05) is 11.1 Å². The Bertz CT molecular complexity index is 716. The van der Waals surface area contributed by atoms with Gasteiger partial charge in [-0.1, -0.05) is 104 Å². The number of phenols is 1. The Balaban J connectivity index is 2.92. The normalized spacial score (nSPS) is 11.0. The molecular weight excluding hydrogens is 444 g/mol. The third-order valence-electron chi connectivity index (χ3n) is 6.71. The zero-order chi connectivity index (χ0) is 25.9. The molecule has 1 rings (SSSR count). The molecule has 1 aromatic carbocycles. The van der Waals surface area contributed by atoms with Gasteiger partial charge in [-0.25, -0.2) is 4.79 Å². The van der Waals surface area contributed by atoms with Gasteiger partial charge in [0.2, 0.25) is 11.5 Å². The lowest BCUT2D eigenvalue weighted by molar-refractivity contribution is 0.140. The van der Waals surface area contributed by atoms with Crippen LogP contribution in [0.5, 0.6) is 23.0 Å². The van der Waals surface area contributed by atoms with E-state index in [0.29, 0.717) is 12.2 Å². The summed E-state index contributed by atoms with van der Waals surface area (Å²) >= 11 is 0. The van der Waals surface area contributed by atoms with Gasteiger partial charge >= 0.3 is 6.16 Å². The first-order chi connectivity index (χ1) is 17.0. The molecule has 0 heterocycles. The van der Waals surface area contributed by atoms with Gasteiger partial charge in [-0.05, 0) is 25.7 Å². The first-order valence-corrected chi connectivity index (χ1v) is 13.9. The second-order valence-electron chi connectivity index (χ2n) is 9.52. The smallest absolute Gasteiger partial charge is 0.504 e. The summed E-state index contributed by atoms with van der Waals surface area (Å²) in [4.78, 5) is 11.3. The predicted octanol–water partition coefficient (Wildman–Crippen LogP) is 8.83. The number of aromatic hydroxyl groups is 1. The maximum absolute atomic E-state index is 11.3. The summed E-state index contributed by atoms with van der Waals surface area (Å²) < 4.78 is 16.1. The van der Waals surface area contributed by atoms with Crippen molar-refractivity contribution in [3.63, 3.8) is 0 Å². The first kappa shape index (κ1) is 30.9. The predicted molar refractivity (Wildman–Crippen MR) is 142 cm³/mol. The fourth-order valence-electron chi connectivity index (χ4n) is 4.75. The van der Waals surface area contributed by atoms with E-state index in [1.165, 1.54) is 84.2 Å². The van der Waals surface area contributed by atoms with Gasteiger partial charge < -0.3 is 24.4 Å². The summed E-state index contributed by atoms with van der Waals surface area (Å²) in [7, 11) is 2.99. The Kier molecular flexibility index (Phi) is 16.9. The van der Waals surface area contributed by atoms with Crippen LogP contribution in [0.4, 0.5) is 4.79 Å². The highest BCUT2D eigenvalue weighted by molar-refractivity contribution is 5.72. The van der Waals surface area contributed by atoms with Gasteiger partial charge in [0.15, 0.2) is 11.5 Å². The molecule has 0 spiro atoms. The van der Waals surface area contributed by atoms with Gasteiger partial charge in [-0.2, -0.15) is 0 Å². The van der Waals surface area contributed by atoms with Crippen molar-refractivity contribution in [2.45, 2.75) is 129 Å². The van der Waals surface area contributed by atoms with Crippen molar-refractivity contribution in [2.75, 3.05) is 14.2 Å². The topological polar surface area (TPSA) is 85.2 Å². The standard InChI is InChI=1S/C29H50O6/c1-5-7-9-11-13-15-17-19-21-23-24(22-20-18-16-14-12-10-8-6-2)26(33-3)28(34-4)27(25(23)30)35-29(31)32/h30H,5-22H2,1-4H3,(H,31,32). The Morgan fingerprint density at radius 3 is 1.40 bits per heavy atom. The number of carbonyl (C=O) groups is 1. The van der Waals surface area contributed by atoms with E-state index in [-0.39, 0.29) is 17.2 Å². The summed E-state index contributed by atoms with van der Waals surface area (Å²) in [6, 6.07) is 0. The van der Waals surface area contributed by atoms with Crippen LogP contribution in [0.15, 0.2) is 0 Å². The van der Waals surface area contributed by atoms with E-state index < -0.39 is 6.16 Å². The summed E-state index contributed by atoms with van der Waals surface area (Å²) in [5, 5.41) is 20.3. The quantitative estimate of drug-likeness (QED) is 0.101. The number of rotatable bonds is 21. The second kappa shape index (κ2) is 19.1. The lowest BCUT2D eigenvalue weighted by Gasteiger charge is -2.21. The highest BCUT2D eigenvalue weighted by Gasteiger charge is 2.27. The minimum absolute atomic E-state index is 0.137. The third-order valence-corrected chi connectivity index (χ3v) is 6.71. The van der Waals surface area contributed by atoms with Crippen molar-refractivity contribution in [1.82, 2.24) is 0 Å². The third kappa shape index (κ3) is 11.4. The molecule has 6 nitrogen and oxygen atoms in total. The summed E-state index contributed by atoms with van der Waals surface area (Å²) in [5.41, 5.74) is 1.64. The van der Waals surface area contributed by atoms with Crippen molar-refractivity contribution in [1.29, 1.82) is 0 Å². The van der Waals surface area contributed by atoms with Crippen LogP contribution in [0, 0.1) is 0 Å². The molecule has 35 heavy (non-hydrogen) atoms. The van der Waals surface area contributed by atoms with Crippen LogP contribution in [-0.2, 0) is 12.8 Å². The van der Waals surface area contributed by atoms with E-state index in [4.69, 9.17) is 14.2 Å². The molecule has 0 radical (unpaired) electrons. The molecule has 6 heteroatoms. The second-order valence-corrected chi connectivity index (χ2v) is 9.52. The highest BCUT2D eigenvalue weighted by atomic mass is 16.7. The van der Waals surface area contributed by atoms with Crippen molar-refractivity contribution in [3.8, 4) is 23.0 Å². The number of carboxylic acid groups (broad SMARTS) is 1. The molecule has 0 aliphatic heterocycles. The van der Waals surface area contributed by atoms with Crippen LogP contribution in [0.2, 0.25) is 0 Å². The van der Waals surface area contributed by atoms with Crippen LogP contribution in [0.25, 0.3) is 0 Å². The molecule has 0 atom stereocenters. The van der Waals surface area contributed by atoms with Crippen molar-refractivity contribution < 1.29 is 29.2 Å². The fraction of sp³-hybridized carbons (Fsp3) is 0.759.